The van der Waals surface area contributed by atoms with E-state index in [9.17, 15) is 13.2 Å². The third-order valence-corrected chi connectivity index (χ3v) is 8.69. The van der Waals surface area contributed by atoms with Crippen molar-refractivity contribution in [3.05, 3.63) is 0 Å². The highest BCUT2D eigenvalue weighted by Crippen LogP contribution is 2.63. The molecule has 0 bridgehead atoms. The molecule has 3 saturated heterocycles. The molecule has 3 aliphatic heterocycles. The third kappa shape index (κ3) is 4.20. The topological polar surface area (TPSA) is 19.0 Å². The lowest BCUT2D eigenvalue weighted by Crippen LogP contribution is -2.55. The summed E-state index contributed by atoms with van der Waals surface area (Å²) in [5.41, 5.74) is 0. The Hall–Kier alpha value is -0.0200. The fourth-order valence-corrected chi connectivity index (χ4v) is 7.83. The number of alkyl halides is 3. The Labute approximate surface area is 145 Å². The Bertz CT molecular complexity index is 347. The summed E-state index contributed by atoms with van der Waals surface area (Å²) < 4.78 is 51.9. The van der Waals surface area contributed by atoms with Crippen molar-refractivity contribution in [1.82, 2.24) is 12.9 Å². The zero-order valence-electron chi connectivity index (χ0n) is 14.4. The molecule has 0 aromatic rings. The molecule has 3 fully saturated rings. The first-order chi connectivity index (χ1) is 11.5. The van der Waals surface area contributed by atoms with Crippen LogP contribution in [-0.4, -0.2) is 58.5 Å². The number of piperidine rings is 3. The van der Waals surface area contributed by atoms with Crippen molar-refractivity contribution in [2.24, 2.45) is 0 Å². The maximum absolute atomic E-state index is 13.5. The average Bonchev–Trinajstić information content (AvgIpc) is 2.61. The van der Waals surface area contributed by atoms with Crippen LogP contribution in [0.25, 0.3) is 0 Å². The van der Waals surface area contributed by atoms with Gasteiger partial charge in [-0.05, 0) is 38.5 Å². The summed E-state index contributed by atoms with van der Waals surface area (Å²) in [6, 6.07) is 0. The van der Waals surface area contributed by atoms with E-state index >= 15 is 0 Å². The van der Waals surface area contributed by atoms with Gasteiger partial charge in [-0.3, -0.25) is 0 Å². The van der Waals surface area contributed by atoms with Gasteiger partial charge in [-0.25, -0.2) is 17.1 Å². The first kappa shape index (κ1) is 18.8. The van der Waals surface area contributed by atoms with Crippen LogP contribution in [0.5, 0.6) is 0 Å². The zero-order valence-corrected chi connectivity index (χ0v) is 15.2. The van der Waals surface area contributed by atoms with Crippen LogP contribution in [-0.2, 0) is 4.18 Å². The number of rotatable bonds is 4. The second-order valence-corrected chi connectivity index (χ2v) is 9.62. The van der Waals surface area contributed by atoms with Gasteiger partial charge >= 0.3 is 6.36 Å². The summed E-state index contributed by atoms with van der Waals surface area (Å²) >= 11 is 0. The molecule has 0 spiro atoms. The Morgan fingerprint density at radius 1 is 0.542 bits per heavy atom. The predicted octanol–water partition coefficient (Wildman–Crippen LogP) is 4.45. The van der Waals surface area contributed by atoms with Crippen LogP contribution in [0.4, 0.5) is 13.2 Å². The number of hydrogen-bond donors (Lipinski definition) is 0. The van der Waals surface area contributed by atoms with E-state index in [1.807, 2.05) is 0 Å². The molecule has 0 aliphatic carbocycles. The highest BCUT2D eigenvalue weighted by Gasteiger charge is 2.52. The van der Waals surface area contributed by atoms with Crippen LogP contribution in [0.3, 0.4) is 0 Å². The minimum atomic E-state index is -4.60. The Morgan fingerprint density at radius 3 is 1.08 bits per heavy atom. The second-order valence-electron chi connectivity index (χ2n) is 6.97. The molecule has 0 unspecified atom stereocenters. The van der Waals surface area contributed by atoms with E-state index in [1.165, 1.54) is 0 Å². The van der Waals surface area contributed by atoms with Crippen LogP contribution in [0.15, 0.2) is 0 Å². The summed E-state index contributed by atoms with van der Waals surface area (Å²) in [5.74, 6) is 0. The van der Waals surface area contributed by atoms with E-state index in [2.05, 4.69) is 12.9 Å². The molecule has 0 aromatic carbocycles. The molecule has 24 heavy (non-hydrogen) atoms. The monoisotopic (exact) mass is 369 g/mol. The van der Waals surface area contributed by atoms with Crippen molar-refractivity contribution in [2.45, 2.75) is 64.1 Å². The number of nitrogens with zero attached hydrogens (tertiary/aromatic N) is 3. The second kappa shape index (κ2) is 8.12. The molecular weight excluding hydrogens is 339 g/mol. The largest absolute Gasteiger partial charge is 0.535 e. The van der Waals surface area contributed by atoms with Gasteiger partial charge in [0, 0.05) is 39.3 Å². The number of hydrogen-bond acceptors (Lipinski definition) is 4. The van der Waals surface area contributed by atoms with Gasteiger partial charge in [0.1, 0.15) is 0 Å². The van der Waals surface area contributed by atoms with Gasteiger partial charge < -0.3 is 0 Å². The molecule has 0 N–H and O–H groups in total. The smallest absolute Gasteiger partial charge is 0.223 e. The Morgan fingerprint density at radius 2 is 0.833 bits per heavy atom. The van der Waals surface area contributed by atoms with Crippen molar-refractivity contribution in [3.63, 3.8) is 0 Å². The van der Waals surface area contributed by atoms with Gasteiger partial charge in [0.25, 0.3) is 0 Å². The van der Waals surface area contributed by atoms with E-state index < -0.39 is 17.2 Å². The molecule has 4 nitrogen and oxygen atoms in total. The first-order valence-corrected chi connectivity index (χ1v) is 10.8. The molecule has 3 rings (SSSR count). The fourth-order valence-electron chi connectivity index (χ4n) is 4.08. The van der Waals surface area contributed by atoms with Gasteiger partial charge in [0.15, 0.2) is 0 Å². The van der Waals surface area contributed by atoms with Crippen LogP contribution in [0, 0.1) is 0 Å². The number of halogens is 3. The highest BCUT2D eigenvalue weighted by molar-refractivity contribution is 8.23. The van der Waals surface area contributed by atoms with Gasteiger partial charge in [-0.1, -0.05) is 19.3 Å². The normalized spacial score (nSPS) is 27.3. The van der Waals surface area contributed by atoms with Crippen molar-refractivity contribution in [3.8, 4) is 0 Å². The molecule has 3 aliphatic rings. The van der Waals surface area contributed by atoms with Crippen molar-refractivity contribution in [2.75, 3.05) is 39.3 Å². The lowest BCUT2D eigenvalue weighted by Gasteiger charge is -2.60. The highest BCUT2D eigenvalue weighted by atomic mass is 32.3. The Balaban J connectivity index is 1.95. The molecular formula is C16H30F3N3OS. The van der Waals surface area contributed by atoms with E-state index in [-0.39, 0.29) is 0 Å². The van der Waals surface area contributed by atoms with Crippen LogP contribution < -0.4 is 0 Å². The molecule has 0 amide bonds. The summed E-state index contributed by atoms with van der Waals surface area (Å²) in [6.07, 6.45) is 4.55. The standard InChI is InChI=1S/C16H30F3N3OS/c17-16(18,19)23-24(20-10-4-1-5-11-20,21-12-6-2-7-13-21)22-14-8-3-9-15-22/h1-15H2. The Kier molecular flexibility index (Phi) is 6.35. The van der Waals surface area contributed by atoms with Crippen molar-refractivity contribution < 1.29 is 17.4 Å². The quantitative estimate of drug-likeness (QED) is 0.729. The first-order valence-electron chi connectivity index (χ1n) is 9.38. The van der Waals surface area contributed by atoms with Gasteiger partial charge in [0.2, 0.25) is 0 Å². The third-order valence-electron chi connectivity index (χ3n) is 5.16. The van der Waals surface area contributed by atoms with Crippen LogP contribution in [0.2, 0.25) is 0 Å². The summed E-state index contributed by atoms with van der Waals surface area (Å²) in [4.78, 5) is 0. The lowest BCUT2D eigenvalue weighted by molar-refractivity contribution is -0.276. The lowest BCUT2D eigenvalue weighted by atomic mass is 10.2. The van der Waals surface area contributed by atoms with E-state index in [0.29, 0.717) is 0 Å². The average molecular weight is 369 g/mol. The van der Waals surface area contributed by atoms with Gasteiger partial charge in [-0.2, -0.15) is 0 Å². The molecule has 0 radical (unpaired) electrons. The molecule has 0 saturated carbocycles. The molecule has 142 valence electrons. The molecule has 8 heteroatoms. The maximum Gasteiger partial charge on any atom is 0.535 e. The summed E-state index contributed by atoms with van der Waals surface area (Å²) in [7, 11) is -2.58. The van der Waals surface area contributed by atoms with E-state index in [1.54, 1.807) is 0 Å². The predicted molar refractivity (Wildman–Crippen MR) is 91.0 cm³/mol. The van der Waals surface area contributed by atoms with Crippen LogP contribution >= 0.6 is 10.9 Å². The summed E-state index contributed by atoms with van der Waals surface area (Å²) in [5, 5.41) is 0. The summed E-state index contributed by atoms with van der Waals surface area (Å²) in [6.45, 7) is 4.32. The van der Waals surface area contributed by atoms with Crippen LogP contribution in [0.1, 0.15) is 57.8 Å². The van der Waals surface area contributed by atoms with E-state index in [4.69, 9.17) is 4.18 Å². The zero-order chi connectivity index (χ0) is 17.0. The minimum Gasteiger partial charge on any atom is -0.223 e. The fraction of sp³-hybridized carbons (Fsp3) is 1.00. The van der Waals surface area contributed by atoms with Crippen molar-refractivity contribution >= 4 is 10.9 Å². The van der Waals surface area contributed by atoms with Crippen molar-refractivity contribution in [1.29, 1.82) is 0 Å². The van der Waals surface area contributed by atoms with Gasteiger partial charge in [-0.15, -0.1) is 13.2 Å². The maximum atomic E-state index is 13.5. The molecule has 0 atom stereocenters. The minimum absolute atomic E-state index is 0.721. The molecule has 0 aromatic heterocycles. The van der Waals surface area contributed by atoms with E-state index in [0.717, 1.165) is 97.1 Å². The van der Waals surface area contributed by atoms with Gasteiger partial charge in [0.05, 0.1) is 10.9 Å². The SMILES string of the molecule is FC(F)(F)OS(N1CCCCC1)(N1CCCCC1)N1CCCCC1. The molecule has 3 heterocycles.